The highest BCUT2D eigenvalue weighted by Crippen LogP contribution is 2.40. The number of esters is 2. The lowest BCUT2D eigenvalue weighted by molar-refractivity contribution is -0.384. The number of nitro benzene ring substituents is 1. The Morgan fingerprint density at radius 1 is 1.24 bits per heavy atom. The number of hydrogen-bond donors (Lipinski definition) is 1. The van der Waals surface area contributed by atoms with Gasteiger partial charge in [-0.15, -0.1) is 0 Å². The molecule has 0 aromatic heterocycles. The molecule has 0 saturated carbocycles. The molecule has 4 atom stereocenters. The smallest absolute Gasteiger partial charge is 0.328 e. The molecule has 0 radical (unpaired) electrons. The fourth-order valence-electron chi connectivity index (χ4n) is 4.08. The van der Waals surface area contributed by atoms with Gasteiger partial charge in [-0.2, -0.15) is 0 Å². The standard InChI is InChI=1S/C24H31N3O7/c1-7-13(3)21(24(30)34-8-2)26-22(28)18-14(4)25-15(5)19(23(29)33-6)20(18)16-10-9-11-17(12-16)27(31)32/h9-13,19-21H,7-8H2,1-6H3,(H,26,28)/t13-,19?,20+,21-/m0/s1. The molecule has 0 saturated heterocycles. The summed E-state index contributed by atoms with van der Waals surface area (Å²) in [6.07, 6.45) is 0.609. The van der Waals surface area contributed by atoms with E-state index in [0.717, 1.165) is 0 Å². The highest BCUT2D eigenvalue weighted by atomic mass is 16.6. The minimum atomic E-state index is -0.971. The van der Waals surface area contributed by atoms with Crippen LogP contribution < -0.4 is 5.32 Å². The Hall–Kier alpha value is -3.56. The molecule has 1 unspecified atom stereocenters. The molecule has 1 N–H and O–H groups in total. The van der Waals surface area contributed by atoms with Gasteiger partial charge in [-0.3, -0.25) is 24.7 Å². The van der Waals surface area contributed by atoms with Crippen molar-refractivity contribution >= 4 is 29.2 Å². The summed E-state index contributed by atoms with van der Waals surface area (Å²) in [7, 11) is 1.23. The molecule has 0 spiro atoms. The molecule has 1 aliphatic heterocycles. The van der Waals surface area contributed by atoms with Crippen LogP contribution in [-0.2, 0) is 23.9 Å². The molecule has 10 heteroatoms. The molecule has 34 heavy (non-hydrogen) atoms. The molecular weight excluding hydrogens is 442 g/mol. The lowest BCUT2D eigenvalue weighted by Crippen LogP contribution is -2.48. The molecule has 1 aliphatic rings. The predicted octanol–water partition coefficient (Wildman–Crippen LogP) is 3.31. The first-order chi connectivity index (χ1) is 16.1. The Bertz CT molecular complexity index is 1030. The van der Waals surface area contributed by atoms with Gasteiger partial charge in [0.1, 0.15) is 12.0 Å². The Morgan fingerprint density at radius 3 is 2.47 bits per heavy atom. The average molecular weight is 474 g/mol. The third kappa shape index (κ3) is 5.67. The van der Waals surface area contributed by atoms with Crippen LogP contribution in [0.1, 0.15) is 52.5 Å². The van der Waals surface area contributed by atoms with E-state index in [1.165, 1.54) is 25.3 Å². The zero-order chi connectivity index (χ0) is 25.6. The summed E-state index contributed by atoms with van der Waals surface area (Å²) in [6.45, 7) is 8.82. The molecule has 1 aromatic carbocycles. The SMILES string of the molecule is CCOC(=O)[C@@H](NC(=O)C1=C(C)N=C(C)C(C(=O)OC)[C@@H]1c1cccc([N+](=O)[O-])c1)[C@@H](C)CC. The van der Waals surface area contributed by atoms with Gasteiger partial charge in [0.15, 0.2) is 0 Å². The lowest BCUT2D eigenvalue weighted by atomic mass is 9.75. The van der Waals surface area contributed by atoms with Crippen molar-refractivity contribution in [1.29, 1.82) is 0 Å². The first-order valence-electron chi connectivity index (χ1n) is 11.1. The summed E-state index contributed by atoms with van der Waals surface area (Å²) < 4.78 is 10.1. The summed E-state index contributed by atoms with van der Waals surface area (Å²) >= 11 is 0. The van der Waals surface area contributed by atoms with E-state index in [1.807, 2.05) is 13.8 Å². The number of nitrogens with zero attached hydrogens (tertiary/aromatic N) is 2. The van der Waals surface area contributed by atoms with E-state index in [9.17, 15) is 24.5 Å². The number of carbonyl (C=O) groups excluding carboxylic acids is 3. The number of carbonyl (C=O) groups is 3. The van der Waals surface area contributed by atoms with Crippen LogP contribution in [0, 0.1) is 22.0 Å². The van der Waals surface area contributed by atoms with Gasteiger partial charge >= 0.3 is 11.9 Å². The minimum Gasteiger partial charge on any atom is -0.468 e. The van der Waals surface area contributed by atoms with Crippen molar-refractivity contribution in [3.8, 4) is 0 Å². The van der Waals surface area contributed by atoms with Crippen LogP contribution in [0.25, 0.3) is 0 Å². The van der Waals surface area contributed by atoms with Gasteiger partial charge in [0, 0.05) is 35.0 Å². The van der Waals surface area contributed by atoms with Gasteiger partial charge in [0.05, 0.1) is 18.6 Å². The number of allylic oxidation sites excluding steroid dienone is 1. The first kappa shape index (κ1) is 26.7. The molecule has 0 bridgehead atoms. The molecule has 10 nitrogen and oxygen atoms in total. The number of nitro groups is 1. The summed E-state index contributed by atoms with van der Waals surface area (Å²) in [5.74, 6) is -3.87. The number of rotatable bonds is 9. The fourth-order valence-corrected chi connectivity index (χ4v) is 4.08. The monoisotopic (exact) mass is 473 g/mol. The summed E-state index contributed by atoms with van der Waals surface area (Å²) in [5, 5.41) is 14.1. The second kappa shape index (κ2) is 11.5. The third-order valence-corrected chi connectivity index (χ3v) is 6.01. The normalized spacial score (nSPS) is 19.5. The molecule has 1 heterocycles. The maximum atomic E-state index is 13.6. The van der Waals surface area contributed by atoms with E-state index in [0.29, 0.717) is 23.4 Å². The summed E-state index contributed by atoms with van der Waals surface area (Å²) in [5.41, 5.74) is 1.11. The zero-order valence-corrected chi connectivity index (χ0v) is 20.3. The van der Waals surface area contributed by atoms with Crippen LogP contribution in [0.5, 0.6) is 0 Å². The van der Waals surface area contributed by atoms with Crippen molar-refractivity contribution in [2.24, 2.45) is 16.8 Å². The number of aliphatic imine (C=N–C) groups is 1. The Labute approximate surface area is 198 Å². The predicted molar refractivity (Wildman–Crippen MR) is 125 cm³/mol. The van der Waals surface area contributed by atoms with Crippen LogP contribution in [0.4, 0.5) is 5.69 Å². The van der Waals surface area contributed by atoms with E-state index in [2.05, 4.69) is 10.3 Å². The Balaban J connectivity index is 2.63. The van der Waals surface area contributed by atoms with Gasteiger partial charge in [0.2, 0.25) is 5.91 Å². The van der Waals surface area contributed by atoms with Crippen LogP contribution in [0.3, 0.4) is 0 Å². The van der Waals surface area contributed by atoms with Crippen LogP contribution >= 0.6 is 0 Å². The highest BCUT2D eigenvalue weighted by molar-refractivity contribution is 6.08. The van der Waals surface area contributed by atoms with Crippen molar-refractivity contribution in [2.45, 2.75) is 53.0 Å². The topological polar surface area (TPSA) is 137 Å². The van der Waals surface area contributed by atoms with Crippen molar-refractivity contribution in [3.63, 3.8) is 0 Å². The van der Waals surface area contributed by atoms with Gasteiger partial charge in [0.25, 0.3) is 5.69 Å². The first-order valence-corrected chi connectivity index (χ1v) is 11.1. The van der Waals surface area contributed by atoms with E-state index < -0.39 is 40.6 Å². The number of amides is 1. The largest absolute Gasteiger partial charge is 0.468 e. The summed E-state index contributed by atoms with van der Waals surface area (Å²) in [6, 6.07) is 4.86. The average Bonchev–Trinajstić information content (AvgIpc) is 2.81. The maximum Gasteiger partial charge on any atom is 0.328 e. The number of benzene rings is 1. The maximum absolute atomic E-state index is 13.6. The molecule has 0 fully saturated rings. The van der Waals surface area contributed by atoms with Crippen molar-refractivity contribution in [1.82, 2.24) is 5.32 Å². The van der Waals surface area contributed by atoms with Crippen molar-refractivity contribution in [2.75, 3.05) is 13.7 Å². The summed E-state index contributed by atoms with van der Waals surface area (Å²) in [4.78, 5) is 54.1. The van der Waals surface area contributed by atoms with Gasteiger partial charge in [-0.25, -0.2) is 4.79 Å². The van der Waals surface area contributed by atoms with Crippen molar-refractivity contribution < 1.29 is 28.8 Å². The molecule has 1 aromatic rings. The van der Waals surface area contributed by atoms with E-state index in [4.69, 9.17) is 9.47 Å². The van der Waals surface area contributed by atoms with E-state index >= 15 is 0 Å². The quantitative estimate of drug-likeness (QED) is 0.330. The molecular formula is C24H31N3O7. The van der Waals surface area contributed by atoms with E-state index in [1.54, 1.807) is 26.8 Å². The number of methoxy groups -OCH3 is 1. The minimum absolute atomic E-state index is 0.138. The molecule has 1 amide bonds. The van der Waals surface area contributed by atoms with E-state index in [-0.39, 0.29) is 23.8 Å². The third-order valence-electron chi connectivity index (χ3n) is 6.01. The number of nitrogens with one attached hydrogen (secondary N) is 1. The molecule has 0 aliphatic carbocycles. The number of non-ortho nitro benzene ring substituents is 1. The van der Waals surface area contributed by atoms with Gasteiger partial charge < -0.3 is 14.8 Å². The van der Waals surface area contributed by atoms with Gasteiger partial charge in [-0.1, -0.05) is 32.4 Å². The van der Waals surface area contributed by atoms with Gasteiger partial charge in [-0.05, 0) is 32.3 Å². The van der Waals surface area contributed by atoms with Crippen molar-refractivity contribution in [3.05, 3.63) is 51.2 Å². The van der Waals surface area contributed by atoms with Crippen LogP contribution in [0.2, 0.25) is 0 Å². The molecule has 2 rings (SSSR count). The zero-order valence-electron chi connectivity index (χ0n) is 20.3. The number of ether oxygens (including phenoxy) is 2. The van der Waals surface area contributed by atoms with Crippen LogP contribution in [-0.4, -0.2) is 48.2 Å². The Kier molecular flexibility index (Phi) is 9.05. The highest BCUT2D eigenvalue weighted by Gasteiger charge is 2.43. The second-order valence-electron chi connectivity index (χ2n) is 8.17. The lowest BCUT2D eigenvalue weighted by Gasteiger charge is -2.32. The second-order valence-corrected chi connectivity index (χ2v) is 8.17. The molecule has 184 valence electrons. The van der Waals surface area contributed by atoms with Crippen LogP contribution in [0.15, 0.2) is 40.5 Å². The fraction of sp³-hybridized carbons (Fsp3) is 0.500. The number of hydrogen-bond acceptors (Lipinski definition) is 8. The Morgan fingerprint density at radius 2 is 1.91 bits per heavy atom.